The van der Waals surface area contributed by atoms with E-state index in [1.807, 2.05) is 48.5 Å². The summed E-state index contributed by atoms with van der Waals surface area (Å²) in [6.45, 7) is 0. The van der Waals surface area contributed by atoms with Gasteiger partial charge < -0.3 is 14.5 Å². The smallest absolute Gasteiger partial charge is 0.277 e. The predicted octanol–water partition coefficient (Wildman–Crippen LogP) is 4.08. The molecule has 0 unspecified atom stereocenters. The van der Waals surface area contributed by atoms with Crippen LogP contribution in [0.1, 0.15) is 0 Å². The van der Waals surface area contributed by atoms with Crippen molar-refractivity contribution in [2.75, 3.05) is 18.2 Å². The summed E-state index contributed by atoms with van der Waals surface area (Å²) < 4.78 is 11.8. The lowest BCUT2D eigenvalue weighted by molar-refractivity contribution is -0.113. The van der Waals surface area contributed by atoms with Gasteiger partial charge in [-0.15, -0.1) is 10.2 Å². The molecule has 1 aromatic heterocycles. The van der Waals surface area contributed by atoms with Gasteiger partial charge in [-0.25, -0.2) is 0 Å². The molecule has 128 valence electrons. The maximum Gasteiger partial charge on any atom is 0.277 e. The Hall–Kier alpha value is -2.07. The number of nitrogens with zero attached hydrogens (tertiary/aromatic N) is 2. The first-order chi connectivity index (χ1) is 12.1. The van der Waals surface area contributed by atoms with Crippen LogP contribution in [0.15, 0.2) is 58.2 Å². The van der Waals surface area contributed by atoms with Crippen LogP contribution in [-0.2, 0) is 4.79 Å². The number of halogens is 1. The Bertz CT molecular complexity index is 850. The van der Waals surface area contributed by atoms with Crippen LogP contribution < -0.4 is 10.1 Å². The second-order valence-electron chi connectivity index (χ2n) is 4.95. The summed E-state index contributed by atoms with van der Waals surface area (Å²) >= 11 is 3.41. The zero-order valence-electron chi connectivity index (χ0n) is 13.2. The van der Waals surface area contributed by atoms with Gasteiger partial charge >= 0.3 is 0 Å². The van der Waals surface area contributed by atoms with E-state index < -0.39 is 0 Å². The molecule has 2 aromatic carbocycles. The number of carbonyl (C=O) groups excluding carboxylic acids is 1. The second kappa shape index (κ2) is 8.34. The van der Waals surface area contributed by atoms with Crippen LogP contribution in [0, 0.1) is 3.57 Å². The third-order valence-electron chi connectivity index (χ3n) is 3.20. The van der Waals surface area contributed by atoms with Crippen molar-refractivity contribution in [2.45, 2.75) is 5.22 Å². The fourth-order valence-corrected chi connectivity index (χ4v) is 2.90. The van der Waals surface area contributed by atoms with Gasteiger partial charge in [-0.1, -0.05) is 11.8 Å². The van der Waals surface area contributed by atoms with Gasteiger partial charge in [0.2, 0.25) is 11.8 Å². The first-order valence-corrected chi connectivity index (χ1v) is 9.36. The van der Waals surface area contributed by atoms with Gasteiger partial charge in [0.25, 0.3) is 5.22 Å². The normalized spacial score (nSPS) is 10.5. The Morgan fingerprint density at radius 1 is 1.16 bits per heavy atom. The van der Waals surface area contributed by atoms with Gasteiger partial charge in [-0.2, -0.15) is 0 Å². The predicted molar refractivity (Wildman–Crippen MR) is 105 cm³/mol. The summed E-state index contributed by atoms with van der Waals surface area (Å²) in [6.07, 6.45) is 0. The van der Waals surface area contributed by atoms with E-state index in [0.29, 0.717) is 11.1 Å². The molecule has 0 saturated carbocycles. The van der Waals surface area contributed by atoms with E-state index in [2.05, 4.69) is 38.1 Å². The molecular weight excluding hydrogens is 453 g/mol. The van der Waals surface area contributed by atoms with Gasteiger partial charge in [0.05, 0.1) is 12.9 Å². The van der Waals surface area contributed by atoms with Crippen LogP contribution in [0.3, 0.4) is 0 Å². The molecule has 0 radical (unpaired) electrons. The number of nitrogens with one attached hydrogen (secondary N) is 1. The molecule has 0 spiro atoms. The lowest BCUT2D eigenvalue weighted by Gasteiger charge is -2.03. The number of anilines is 1. The van der Waals surface area contributed by atoms with E-state index in [1.165, 1.54) is 11.8 Å². The van der Waals surface area contributed by atoms with Gasteiger partial charge in [0, 0.05) is 14.8 Å². The maximum absolute atomic E-state index is 12.0. The first-order valence-electron chi connectivity index (χ1n) is 7.30. The highest BCUT2D eigenvalue weighted by atomic mass is 127. The molecule has 25 heavy (non-hydrogen) atoms. The molecule has 1 heterocycles. The minimum Gasteiger partial charge on any atom is -0.497 e. The summed E-state index contributed by atoms with van der Waals surface area (Å²) in [7, 11) is 1.61. The highest BCUT2D eigenvalue weighted by Crippen LogP contribution is 2.25. The highest BCUT2D eigenvalue weighted by molar-refractivity contribution is 14.1. The number of carbonyl (C=O) groups is 1. The molecule has 0 aliphatic carbocycles. The molecule has 1 N–H and O–H groups in total. The zero-order chi connectivity index (χ0) is 17.6. The largest absolute Gasteiger partial charge is 0.497 e. The van der Waals surface area contributed by atoms with Crippen molar-refractivity contribution in [3.05, 3.63) is 52.1 Å². The Morgan fingerprint density at radius 3 is 2.56 bits per heavy atom. The average molecular weight is 467 g/mol. The minimum atomic E-state index is -0.129. The molecule has 0 aliphatic heterocycles. The van der Waals surface area contributed by atoms with Crippen molar-refractivity contribution in [3.8, 4) is 17.2 Å². The lowest BCUT2D eigenvalue weighted by atomic mass is 10.2. The molecule has 6 nitrogen and oxygen atoms in total. The molecule has 0 bridgehead atoms. The van der Waals surface area contributed by atoms with E-state index in [9.17, 15) is 4.79 Å². The molecule has 0 aliphatic rings. The molecule has 3 aromatic rings. The Labute approximate surface area is 162 Å². The molecular formula is C17H14IN3O3S. The maximum atomic E-state index is 12.0. The second-order valence-corrected chi connectivity index (χ2v) is 7.12. The Balaban J connectivity index is 1.55. The van der Waals surface area contributed by atoms with Gasteiger partial charge in [-0.3, -0.25) is 4.79 Å². The Kier molecular flexibility index (Phi) is 5.92. The van der Waals surface area contributed by atoms with Gasteiger partial charge in [0.1, 0.15) is 5.75 Å². The molecule has 8 heteroatoms. The number of benzene rings is 2. The van der Waals surface area contributed by atoms with Crippen molar-refractivity contribution in [1.82, 2.24) is 10.2 Å². The number of hydrogen-bond acceptors (Lipinski definition) is 6. The molecule has 1 amide bonds. The van der Waals surface area contributed by atoms with Crippen molar-refractivity contribution < 1.29 is 13.9 Å². The molecule has 3 rings (SSSR count). The Morgan fingerprint density at radius 2 is 1.88 bits per heavy atom. The lowest BCUT2D eigenvalue weighted by Crippen LogP contribution is -2.13. The molecule has 0 saturated heterocycles. The first kappa shape index (κ1) is 17.7. The number of amides is 1. The van der Waals surface area contributed by atoms with E-state index in [0.717, 1.165) is 20.6 Å². The summed E-state index contributed by atoms with van der Waals surface area (Å²) in [5, 5.41) is 11.1. The highest BCUT2D eigenvalue weighted by Gasteiger charge is 2.11. The standard InChI is InChI=1S/C17H14IN3O3S/c1-23-14-8-2-11(3-9-14)16-20-21-17(24-16)25-10-15(22)19-13-6-4-12(18)5-7-13/h2-9H,10H2,1H3,(H,19,22). The topological polar surface area (TPSA) is 77.2 Å². The van der Waals surface area contributed by atoms with Crippen LogP contribution in [-0.4, -0.2) is 29.0 Å². The van der Waals surface area contributed by atoms with Crippen molar-refractivity contribution in [2.24, 2.45) is 0 Å². The number of ether oxygens (including phenoxy) is 1. The van der Waals surface area contributed by atoms with Crippen molar-refractivity contribution >= 4 is 45.9 Å². The fourth-order valence-electron chi connectivity index (χ4n) is 1.98. The minimum absolute atomic E-state index is 0.129. The summed E-state index contributed by atoms with van der Waals surface area (Å²) in [5.74, 6) is 1.22. The van der Waals surface area contributed by atoms with Crippen molar-refractivity contribution in [1.29, 1.82) is 0 Å². The summed E-state index contributed by atoms with van der Waals surface area (Å²) in [6, 6.07) is 14.9. The number of rotatable bonds is 6. The van der Waals surface area contributed by atoms with Gasteiger partial charge in [-0.05, 0) is 71.1 Å². The van der Waals surface area contributed by atoms with Crippen molar-refractivity contribution in [3.63, 3.8) is 0 Å². The van der Waals surface area contributed by atoms with Crippen LogP contribution in [0.25, 0.3) is 11.5 Å². The number of methoxy groups -OCH3 is 1. The summed E-state index contributed by atoms with van der Waals surface area (Å²) in [5.41, 5.74) is 1.55. The van der Waals surface area contributed by atoms with E-state index >= 15 is 0 Å². The summed E-state index contributed by atoms with van der Waals surface area (Å²) in [4.78, 5) is 12.0. The SMILES string of the molecule is COc1ccc(-c2nnc(SCC(=O)Nc3ccc(I)cc3)o2)cc1. The molecule has 0 atom stereocenters. The number of hydrogen-bond donors (Lipinski definition) is 1. The number of aromatic nitrogens is 2. The zero-order valence-corrected chi connectivity index (χ0v) is 16.2. The van der Waals surface area contributed by atoms with Crippen LogP contribution in [0.5, 0.6) is 5.75 Å². The third-order valence-corrected chi connectivity index (χ3v) is 4.74. The quantitative estimate of drug-likeness (QED) is 0.435. The van der Waals surface area contributed by atoms with Crippen LogP contribution >= 0.6 is 34.4 Å². The van der Waals surface area contributed by atoms with E-state index in [-0.39, 0.29) is 11.7 Å². The number of thioether (sulfide) groups is 1. The average Bonchev–Trinajstić information content (AvgIpc) is 3.11. The monoisotopic (exact) mass is 467 g/mol. The van der Waals surface area contributed by atoms with Crippen LogP contribution in [0.4, 0.5) is 5.69 Å². The molecule has 0 fully saturated rings. The van der Waals surface area contributed by atoms with E-state index in [1.54, 1.807) is 7.11 Å². The van der Waals surface area contributed by atoms with Gasteiger partial charge in [0.15, 0.2) is 0 Å². The third kappa shape index (κ3) is 4.95. The van der Waals surface area contributed by atoms with Crippen LogP contribution in [0.2, 0.25) is 0 Å². The fraction of sp³-hybridized carbons (Fsp3) is 0.118. The van der Waals surface area contributed by atoms with E-state index in [4.69, 9.17) is 9.15 Å².